The van der Waals surface area contributed by atoms with E-state index in [-0.39, 0.29) is 17.8 Å². The molecule has 0 radical (unpaired) electrons. The molecule has 1 aromatic carbocycles. The molecular formula is C10H11BrN2O4. The fraction of sp³-hybridized carbons (Fsp3) is 0.200. The van der Waals surface area contributed by atoms with Crippen LogP contribution in [0.25, 0.3) is 0 Å². The molecule has 7 heteroatoms. The Morgan fingerprint density at radius 1 is 1.47 bits per heavy atom. The molecule has 0 aromatic heterocycles. The van der Waals surface area contributed by atoms with E-state index in [0.29, 0.717) is 0 Å². The summed E-state index contributed by atoms with van der Waals surface area (Å²) in [6.45, 7) is -0.371. The lowest BCUT2D eigenvalue weighted by Crippen LogP contribution is -2.36. The first-order valence-electron chi connectivity index (χ1n) is 4.66. The number of hydrogen-bond acceptors (Lipinski definition) is 4. The van der Waals surface area contributed by atoms with Crippen molar-refractivity contribution in [1.82, 2.24) is 5.32 Å². The number of amides is 1. The number of anilines is 1. The van der Waals surface area contributed by atoms with Gasteiger partial charge in [-0.1, -0.05) is 15.9 Å². The second kappa shape index (κ2) is 5.65. The number of nitrogens with two attached hydrogens (primary N) is 1. The molecule has 0 aliphatic rings. The normalized spacial score (nSPS) is 11.9. The number of halogens is 1. The second-order valence-corrected chi connectivity index (χ2v) is 4.21. The average molecular weight is 303 g/mol. The zero-order valence-corrected chi connectivity index (χ0v) is 10.3. The number of nitrogen functional groups attached to an aromatic ring is 1. The highest BCUT2D eigenvalue weighted by molar-refractivity contribution is 9.10. The molecule has 0 bridgehead atoms. The summed E-state index contributed by atoms with van der Waals surface area (Å²) < 4.78 is 0.733. The van der Waals surface area contributed by atoms with E-state index in [1.54, 1.807) is 12.1 Å². The van der Waals surface area contributed by atoms with Gasteiger partial charge in [0.15, 0.2) is 6.10 Å². The third kappa shape index (κ3) is 3.72. The number of nitrogens with one attached hydrogen (secondary N) is 1. The molecule has 1 atom stereocenters. The number of carboxylic acid groups (broad SMARTS) is 1. The maximum Gasteiger partial charge on any atom is 0.334 e. The van der Waals surface area contributed by atoms with Crippen LogP contribution < -0.4 is 11.1 Å². The summed E-state index contributed by atoms with van der Waals surface area (Å²) in [7, 11) is 0. The van der Waals surface area contributed by atoms with Crippen LogP contribution >= 0.6 is 15.9 Å². The number of benzene rings is 1. The van der Waals surface area contributed by atoms with Crippen molar-refractivity contribution in [2.24, 2.45) is 0 Å². The number of carboxylic acids is 1. The van der Waals surface area contributed by atoms with Gasteiger partial charge in [-0.25, -0.2) is 4.79 Å². The van der Waals surface area contributed by atoms with Gasteiger partial charge >= 0.3 is 5.97 Å². The van der Waals surface area contributed by atoms with Gasteiger partial charge in [0, 0.05) is 10.2 Å². The number of aliphatic hydroxyl groups excluding tert-OH is 1. The van der Waals surface area contributed by atoms with E-state index in [0.717, 1.165) is 4.47 Å². The summed E-state index contributed by atoms with van der Waals surface area (Å²) >= 11 is 3.20. The minimum absolute atomic E-state index is 0.228. The lowest BCUT2D eigenvalue weighted by Gasteiger charge is -2.09. The number of rotatable bonds is 4. The monoisotopic (exact) mass is 302 g/mol. The lowest BCUT2D eigenvalue weighted by atomic mass is 10.1. The number of carbonyl (C=O) groups excluding carboxylic acids is 1. The molecule has 0 aliphatic heterocycles. The molecule has 0 fully saturated rings. The molecule has 92 valence electrons. The van der Waals surface area contributed by atoms with Gasteiger partial charge < -0.3 is 21.3 Å². The Bertz CT molecular complexity index is 450. The molecule has 1 aromatic rings. The Kier molecular flexibility index (Phi) is 4.47. The van der Waals surface area contributed by atoms with Crippen LogP contribution in [0.15, 0.2) is 22.7 Å². The number of aliphatic carboxylic acids is 1. The van der Waals surface area contributed by atoms with Crippen molar-refractivity contribution in [2.45, 2.75) is 6.10 Å². The van der Waals surface area contributed by atoms with E-state index in [1.807, 2.05) is 0 Å². The van der Waals surface area contributed by atoms with Gasteiger partial charge in [0.1, 0.15) is 0 Å². The Hall–Kier alpha value is -1.60. The molecule has 0 spiro atoms. The first kappa shape index (κ1) is 13.5. The summed E-state index contributed by atoms with van der Waals surface area (Å²) in [6, 6.07) is 4.70. The van der Waals surface area contributed by atoms with Crippen LogP contribution in [0.5, 0.6) is 0 Å². The summed E-state index contributed by atoms with van der Waals surface area (Å²) in [5.41, 5.74) is 6.11. The summed E-state index contributed by atoms with van der Waals surface area (Å²) in [6.07, 6.45) is -1.63. The van der Waals surface area contributed by atoms with E-state index < -0.39 is 18.0 Å². The Labute approximate surface area is 106 Å². The van der Waals surface area contributed by atoms with E-state index in [4.69, 9.17) is 15.9 Å². The lowest BCUT2D eigenvalue weighted by molar-refractivity contribution is -0.146. The first-order valence-corrected chi connectivity index (χ1v) is 5.45. The van der Waals surface area contributed by atoms with Crippen molar-refractivity contribution in [3.63, 3.8) is 0 Å². The number of carbonyl (C=O) groups is 2. The van der Waals surface area contributed by atoms with Crippen molar-refractivity contribution in [3.05, 3.63) is 28.2 Å². The van der Waals surface area contributed by atoms with Crippen LogP contribution in [0.4, 0.5) is 5.69 Å². The smallest absolute Gasteiger partial charge is 0.334 e. The Balaban J connectivity index is 2.67. The van der Waals surface area contributed by atoms with E-state index in [1.165, 1.54) is 6.07 Å². The SMILES string of the molecule is Nc1cc(Br)ccc1C(=O)NCC(O)C(=O)O. The molecule has 1 unspecified atom stereocenters. The topological polar surface area (TPSA) is 113 Å². The van der Waals surface area contributed by atoms with Crippen molar-refractivity contribution in [1.29, 1.82) is 0 Å². The largest absolute Gasteiger partial charge is 0.479 e. The van der Waals surface area contributed by atoms with Gasteiger partial charge in [-0.2, -0.15) is 0 Å². The van der Waals surface area contributed by atoms with E-state index in [2.05, 4.69) is 21.2 Å². The standard InChI is InChI=1S/C10H11BrN2O4/c11-5-1-2-6(7(12)3-5)9(15)13-4-8(14)10(16)17/h1-3,8,14H,4,12H2,(H,13,15)(H,16,17). The fourth-order valence-electron chi connectivity index (χ4n) is 1.11. The predicted octanol–water partition coefficient (Wildman–Crippen LogP) is 0.207. The van der Waals surface area contributed by atoms with Crippen LogP contribution in [0.2, 0.25) is 0 Å². The molecule has 1 rings (SSSR count). The summed E-state index contributed by atoms with van der Waals surface area (Å²) in [4.78, 5) is 21.9. The summed E-state index contributed by atoms with van der Waals surface area (Å²) in [5, 5.41) is 19.7. The molecule has 6 nitrogen and oxygen atoms in total. The van der Waals surface area contributed by atoms with Gasteiger partial charge in [0.25, 0.3) is 5.91 Å². The molecule has 1 amide bonds. The van der Waals surface area contributed by atoms with Gasteiger partial charge in [0.2, 0.25) is 0 Å². The highest BCUT2D eigenvalue weighted by Crippen LogP contribution is 2.18. The zero-order chi connectivity index (χ0) is 13.0. The van der Waals surface area contributed by atoms with Crippen LogP contribution in [0.3, 0.4) is 0 Å². The highest BCUT2D eigenvalue weighted by Gasteiger charge is 2.16. The maximum atomic E-state index is 11.6. The summed E-state index contributed by atoms with van der Waals surface area (Å²) in [5.74, 6) is -1.93. The van der Waals surface area contributed by atoms with E-state index in [9.17, 15) is 9.59 Å². The first-order chi connectivity index (χ1) is 7.91. The van der Waals surface area contributed by atoms with Crippen molar-refractivity contribution in [2.75, 3.05) is 12.3 Å². The van der Waals surface area contributed by atoms with Crippen molar-refractivity contribution < 1.29 is 19.8 Å². The van der Waals surface area contributed by atoms with Gasteiger partial charge in [0.05, 0.1) is 12.1 Å². The molecule has 0 saturated heterocycles. The number of hydrogen-bond donors (Lipinski definition) is 4. The van der Waals surface area contributed by atoms with Crippen LogP contribution in [0, 0.1) is 0 Å². The van der Waals surface area contributed by atoms with Crippen LogP contribution in [-0.2, 0) is 4.79 Å². The third-order valence-electron chi connectivity index (χ3n) is 2.00. The molecule has 0 aliphatic carbocycles. The Morgan fingerprint density at radius 2 is 2.12 bits per heavy atom. The van der Waals surface area contributed by atoms with Crippen LogP contribution in [0.1, 0.15) is 10.4 Å². The average Bonchev–Trinajstić information content (AvgIpc) is 2.25. The van der Waals surface area contributed by atoms with Gasteiger partial charge in [-0.15, -0.1) is 0 Å². The van der Waals surface area contributed by atoms with Gasteiger partial charge in [-0.3, -0.25) is 4.79 Å². The zero-order valence-electron chi connectivity index (χ0n) is 8.68. The minimum Gasteiger partial charge on any atom is -0.479 e. The molecule has 0 heterocycles. The molecule has 5 N–H and O–H groups in total. The molecular weight excluding hydrogens is 292 g/mol. The third-order valence-corrected chi connectivity index (χ3v) is 2.49. The van der Waals surface area contributed by atoms with Crippen LogP contribution in [-0.4, -0.2) is 34.7 Å². The van der Waals surface area contributed by atoms with Crippen molar-refractivity contribution >= 4 is 33.5 Å². The fourth-order valence-corrected chi connectivity index (χ4v) is 1.49. The molecule has 0 saturated carbocycles. The maximum absolute atomic E-state index is 11.6. The van der Waals surface area contributed by atoms with Crippen molar-refractivity contribution in [3.8, 4) is 0 Å². The van der Waals surface area contributed by atoms with Gasteiger partial charge in [-0.05, 0) is 18.2 Å². The second-order valence-electron chi connectivity index (χ2n) is 3.30. The number of aliphatic hydroxyl groups is 1. The Morgan fingerprint density at radius 3 is 2.65 bits per heavy atom. The van der Waals surface area contributed by atoms with E-state index >= 15 is 0 Å². The minimum atomic E-state index is -1.63. The predicted molar refractivity (Wildman–Crippen MR) is 64.5 cm³/mol. The molecule has 17 heavy (non-hydrogen) atoms. The quantitative estimate of drug-likeness (QED) is 0.594. The highest BCUT2D eigenvalue weighted by atomic mass is 79.9.